The zero-order valence-electron chi connectivity index (χ0n) is 18.3. The summed E-state index contributed by atoms with van der Waals surface area (Å²) in [5, 5.41) is 9.09. The number of piperazine rings is 1. The topological polar surface area (TPSA) is 73.7 Å². The third-order valence-electron chi connectivity index (χ3n) is 6.06. The second-order valence-electron chi connectivity index (χ2n) is 8.41. The molecule has 3 aromatic rings. The molecule has 1 fully saturated rings. The average molecular weight is 430 g/mol. The number of aromatic nitrogens is 1. The first-order valence-electron chi connectivity index (χ1n) is 10.8. The summed E-state index contributed by atoms with van der Waals surface area (Å²) >= 11 is 0. The third-order valence-corrected chi connectivity index (χ3v) is 6.06. The molecule has 0 aliphatic carbocycles. The van der Waals surface area contributed by atoms with Gasteiger partial charge in [0.05, 0.1) is 5.56 Å². The lowest BCUT2D eigenvalue weighted by Gasteiger charge is -2.44. The Morgan fingerprint density at radius 2 is 1.62 bits per heavy atom. The molecule has 4 rings (SSSR count). The third kappa shape index (κ3) is 4.70. The van der Waals surface area contributed by atoms with Gasteiger partial charge in [-0.1, -0.05) is 30.3 Å². The minimum absolute atomic E-state index is 0.0416. The maximum Gasteiger partial charge on any atom is 0.335 e. The van der Waals surface area contributed by atoms with Crippen LogP contribution in [0, 0.1) is 0 Å². The number of rotatable bonds is 5. The molecule has 2 aromatic carbocycles. The van der Waals surface area contributed by atoms with Gasteiger partial charge in [0.25, 0.3) is 5.91 Å². The van der Waals surface area contributed by atoms with Gasteiger partial charge in [-0.15, -0.1) is 0 Å². The van der Waals surface area contributed by atoms with E-state index >= 15 is 0 Å². The van der Waals surface area contributed by atoms with E-state index in [1.165, 1.54) is 0 Å². The minimum atomic E-state index is -0.919. The minimum Gasteiger partial charge on any atom is -0.478 e. The van der Waals surface area contributed by atoms with Gasteiger partial charge in [0.1, 0.15) is 0 Å². The SMILES string of the molecule is C[C@@H]1CN(C(=O)c2cccc(-c3cccnc3)c2)C[C@H](C)N1Cc1ccc(C(=O)O)cc1. The summed E-state index contributed by atoms with van der Waals surface area (Å²) in [7, 11) is 0. The summed E-state index contributed by atoms with van der Waals surface area (Å²) in [6.45, 7) is 6.28. The van der Waals surface area contributed by atoms with Crippen LogP contribution in [0.15, 0.2) is 73.1 Å². The van der Waals surface area contributed by atoms with Crippen LogP contribution in [0.25, 0.3) is 11.1 Å². The van der Waals surface area contributed by atoms with Crippen LogP contribution >= 0.6 is 0 Å². The number of amides is 1. The van der Waals surface area contributed by atoms with Crippen molar-refractivity contribution in [2.45, 2.75) is 32.5 Å². The molecular weight excluding hydrogens is 402 g/mol. The van der Waals surface area contributed by atoms with Gasteiger partial charge in [-0.3, -0.25) is 14.7 Å². The predicted octanol–water partition coefficient (Wildman–Crippen LogP) is 4.18. The zero-order chi connectivity index (χ0) is 22.7. The lowest BCUT2D eigenvalue weighted by Crippen LogP contribution is -2.57. The maximum absolute atomic E-state index is 13.3. The Kier molecular flexibility index (Phi) is 6.32. The van der Waals surface area contributed by atoms with Crippen LogP contribution in [0.1, 0.15) is 40.1 Å². The van der Waals surface area contributed by atoms with Crippen molar-refractivity contribution in [3.05, 3.63) is 89.7 Å². The van der Waals surface area contributed by atoms with Crippen LogP contribution in [-0.4, -0.2) is 56.9 Å². The fraction of sp³-hybridized carbons (Fsp3) is 0.269. The Labute approximate surface area is 188 Å². The van der Waals surface area contributed by atoms with E-state index in [4.69, 9.17) is 5.11 Å². The molecule has 0 radical (unpaired) electrons. The molecule has 164 valence electrons. The van der Waals surface area contributed by atoms with Gasteiger partial charge in [-0.05, 0) is 55.3 Å². The van der Waals surface area contributed by atoms with Crippen LogP contribution in [0.2, 0.25) is 0 Å². The largest absolute Gasteiger partial charge is 0.478 e. The number of benzene rings is 2. The fourth-order valence-corrected chi connectivity index (χ4v) is 4.35. The molecule has 32 heavy (non-hydrogen) atoms. The van der Waals surface area contributed by atoms with E-state index in [0.717, 1.165) is 23.2 Å². The summed E-state index contributed by atoms with van der Waals surface area (Å²) in [5.74, 6) is -0.877. The Bertz CT molecular complexity index is 1090. The molecule has 1 amide bonds. The number of pyridine rings is 1. The Balaban J connectivity index is 1.45. The van der Waals surface area contributed by atoms with Gasteiger partial charge >= 0.3 is 5.97 Å². The summed E-state index contributed by atoms with van der Waals surface area (Å²) < 4.78 is 0. The van der Waals surface area contributed by atoms with Crippen molar-refractivity contribution in [1.82, 2.24) is 14.8 Å². The second kappa shape index (κ2) is 9.32. The van der Waals surface area contributed by atoms with Crippen molar-refractivity contribution in [2.24, 2.45) is 0 Å². The monoisotopic (exact) mass is 429 g/mol. The van der Waals surface area contributed by atoms with Crippen LogP contribution < -0.4 is 0 Å². The molecule has 1 aromatic heterocycles. The summed E-state index contributed by atoms with van der Waals surface area (Å²) in [4.78, 5) is 32.8. The molecule has 1 aliphatic heterocycles. The van der Waals surface area contributed by atoms with E-state index in [1.54, 1.807) is 24.5 Å². The molecule has 1 N–H and O–H groups in total. The van der Waals surface area contributed by atoms with E-state index < -0.39 is 5.97 Å². The first-order valence-corrected chi connectivity index (χ1v) is 10.8. The van der Waals surface area contributed by atoms with E-state index in [2.05, 4.69) is 23.7 Å². The molecule has 6 nitrogen and oxygen atoms in total. The highest BCUT2D eigenvalue weighted by molar-refractivity contribution is 5.95. The lowest BCUT2D eigenvalue weighted by atomic mass is 10.0. The van der Waals surface area contributed by atoms with E-state index in [1.807, 2.05) is 53.4 Å². The number of nitrogens with zero attached hydrogens (tertiary/aromatic N) is 3. The van der Waals surface area contributed by atoms with Crippen molar-refractivity contribution < 1.29 is 14.7 Å². The molecule has 0 unspecified atom stereocenters. The van der Waals surface area contributed by atoms with Crippen LogP contribution in [0.5, 0.6) is 0 Å². The second-order valence-corrected chi connectivity index (χ2v) is 8.41. The molecule has 0 bridgehead atoms. The van der Waals surface area contributed by atoms with Crippen molar-refractivity contribution in [2.75, 3.05) is 13.1 Å². The maximum atomic E-state index is 13.3. The van der Waals surface area contributed by atoms with Crippen LogP contribution in [-0.2, 0) is 6.54 Å². The van der Waals surface area contributed by atoms with E-state index in [9.17, 15) is 9.59 Å². The number of hydrogen-bond acceptors (Lipinski definition) is 4. The summed E-state index contributed by atoms with van der Waals surface area (Å²) in [6, 6.07) is 19.0. The van der Waals surface area contributed by atoms with Gasteiger partial charge in [-0.2, -0.15) is 0 Å². The summed E-state index contributed by atoms with van der Waals surface area (Å²) in [5.41, 5.74) is 4.01. The first-order chi connectivity index (χ1) is 15.4. The highest BCUT2D eigenvalue weighted by atomic mass is 16.4. The zero-order valence-corrected chi connectivity index (χ0v) is 18.3. The van der Waals surface area contributed by atoms with Gasteiger partial charge in [0.2, 0.25) is 0 Å². The van der Waals surface area contributed by atoms with Crippen LogP contribution in [0.3, 0.4) is 0 Å². The molecule has 2 heterocycles. The van der Waals surface area contributed by atoms with Crippen molar-refractivity contribution in [3.8, 4) is 11.1 Å². The Hall–Kier alpha value is -3.51. The Morgan fingerprint density at radius 3 is 2.25 bits per heavy atom. The number of aromatic carboxylic acids is 1. The number of carbonyl (C=O) groups is 2. The number of carboxylic acids is 1. The lowest BCUT2D eigenvalue weighted by molar-refractivity contribution is 0.0270. The molecule has 2 atom stereocenters. The highest BCUT2D eigenvalue weighted by Crippen LogP contribution is 2.23. The molecule has 0 spiro atoms. The van der Waals surface area contributed by atoms with Gasteiger partial charge in [0.15, 0.2) is 0 Å². The van der Waals surface area contributed by atoms with Gasteiger partial charge in [-0.25, -0.2) is 4.79 Å². The van der Waals surface area contributed by atoms with Gasteiger partial charge in [0, 0.05) is 55.2 Å². The molecule has 0 saturated carbocycles. The van der Waals surface area contributed by atoms with E-state index in [-0.39, 0.29) is 18.0 Å². The van der Waals surface area contributed by atoms with Crippen molar-refractivity contribution in [1.29, 1.82) is 0 Å². The number of carboxylic acid groups (broad SMARTS) is 1. The predicted molar refractivity (Wildman–Crippen MR) is 123 cm³/mol. The Morgan fingerprint density at radius 1 is 0.938 bits per heavy atom. The van der Waals surface area contributed by atoms with E-state index in [0.29, 0.717) is 24.2 Å². The van der Waals surface area contributed by atoms with Crippen molar-refractivity contribution >= 4 is 11.9 Å². The van der Waals surface area contributed by atoms with Gasteiger partial charge < -0.3 is 10.0 Å². The molecule has 1 aliphatic rings. The molecular formula is C26H27N3O3. The standard InChI is InChI=1S/C26H27N3O3/c1-18-15-28(16-19(2)29(18)17-20-8-10-21(11-9-20)26(31)32)25(30)23-6-3-5-22(13-23)24-7-4-12-27-14-24/h3-14,18-19H,15-17H2,1-2H3,(H,31,32)/t18-,19+. The normalized spacial score (nSPS) is 19.0. The number of carbonyl (C=O) groups excluding carboxylic acids is 1. The van der Waals surface area contributed by atoms with Crippen LogP contribution in [0.4, 0.5) is 0 Å². The quantitative estimate of drug-likeness (QED) is 0.659. The average Bonchev–Trinajstić information content (AvgIpc) is 2.81. The first kappa shape index (κ1) is 21.7. The summed E-state index contributed by atoms with van der Waals surface area (Å²) in [6.07, 6.45) is 3.54. The number of hydrogen-bond donors (Lipinski definition) is 1. The fourth-order valence-electron chi connectivity index (χ4n) is 4.35. The molecule has 1 saturated heterocycles. The smallest absolute Gasteiger partial charge is 0.335 e. The molecule has 6 heteroatoms. The van der Waals surface area contributed by atoms with Crippen molar-refractivity contribution in [3.63, 3.8) is 0 Å². The highest BCUT2D eigenvalue weighted by Gasteiger charge is 2.32.